The van der Waals surface area contributed by atoms with Crippen molar-refractivity contribution in [3.63, 3.8) is 0 Å². The Morgan fingerprint density at radius 3 is 3.00 bits per heavy atom. The van der Waals surface area contributed by atoms with E-state index in [1.165, 1.54) is 6.20 Å². The highest BCUT2D eigenvalue weighted by atomic mass is 35.5. The predicted octanol–water partition coefficient (Wildman–Crippen LogP) is 2.15. The van der Waals surface area contributed by atoms with Crippen LogP contribution in [-0.2, 0) is 6.54 Å². The normalized spacial score (nSPS) is 12.0. The lowest BCUT2D eigenvalue weighted by molar-refractivity contribution is 0.0936. The van der Waals surface area contributed by atoms with Crippen LogP contribution in [0, 0.1) is 0 Å². The van der Waals surface area contributed by atoms with E-state index in [1.54, 1.807) is 18.6 Å². The van der Waals surface area contributed by atoms with Gasteiger partial charge in [-0.3, -0.25) is 4.79 Å². The standard InChI is InChI=1S/C14H17ClN4O2/c1-3-21-14-12(15)6-11(7-17-14)13(20)18-10(2)8-19-5-4-16-9-19/h4-7,9-10H,3,8H2,1-2H3,(H,18,20)/t10-/m0/s1. The maximum absolute atomic E-state index is 12.1. The molecule has 112 valence electrons. The topological polar surface area (TPSA) is 69.0 Å². The second-order valence-electron chi connectivity index (χ2n) is 4.58. The van der Waals surface area contributed by atoms with Crippen molar-refractivity contribution in [1.82, 2.24) is 19.9 Å². The van der Waals surface area contributed by atoms with Crippen molar-refractivity contribution in [2.75, 3.05) is 6.61 Å². The summed E-state index contributed by atoms with van der Waals surface area (Å²) in [6.45, 7) is 4.88. The van der Waals surface area contributed by atoms with E-state index in [0.717, 1.165) is 0 Å². The van der Waals surface area contributed by atoms with Crippen LogP contribution in [0.25, 0.3) is 0 Å². The quantitative estimate of drug-likeness (QED) is 0.888. The van der Waals surface area contributed by atoms with Crippen LogP contribution in [0.15, 0.2) is 31.0 Å². The molecule has 2 aromatic heterocycles. The molecule has 2 heterocycles. The van der Waals surface area contributed by atoms with Crippen LogP contribution in [0.4, 0.5) is 0 Å². The maximum atomic E-state index is 12.1. The molecule has 0 bridgehead atoms. The van der Waals surface area contributed by atoms with Gasteiger partial charge in [-0.2, -0.15) is 0 Å². The average molecular weight is 309 g/mol. The Hall–Kier alpha value is -2.08. The van der Waals surface area contributed by atoms with E-state index in [-0.39, 0.29) is 11.9 Å². The molecule has 0 aromatic carbocycles. The van der Waals surface area contributed by atoms with Gasteiger partial charge in [0.2, 0.25) is 5.88 Å². The molecule has 0 radical (unpaired) electrons. The van der Waals surface area contributed by atoms with E-state index in [0.29, 0.717) is 29.6 Å². The molecule has 0 aliphatic heterocycles. The third-order valence-corrected chi connectivity index (χ3v) is 3.04. The van der Waals surface area contributed by atoms with Crippen molar-refractivity contribution in [2.45, 2.75) is 26.4 Å². The number of aromatic nitrogens is 3. The minimum absolute atomic E-state index is 0.0444. The molecule has 2 aromatic rings. The molecule has 0 saturated carbocycles. The van der Waals surface area contributed by atoms with Gasteiger partial charge in [0.1, 0.15) is 5.02 Å². The molecule has 2 rings (SSSR count). The van der Waals surface area contributed by atoms with Gasteiger partial charge in [-0.05, 0) is 19.9 Å². The monoisotopic (exact) mass is 308 g/mol. The first-order chi connectivity index (χ1) is 10.1. The molecule has 0 spiro atoms. The molecule has 1 N–H and O–H groups in total. The molecule has 1 amide bonds. The molecular formula is C14H17ClN4O2. The lowest BCUT2D eigenvalue weighted by atomic mass is 10.2. The number of hydrogen-bond donors (Lipinski definition) is 1. The summed E-state index contributed by atoms with van der Waals surface area (Å²) in [4.78, 5) is 20.1. The number of ether oxygens (including phenoxy) is 1. The Labute approximate surface area is 128 Å². The molecule has 6 nitrogen and oxygen atoms in total. The summed E-state index contributed by atoms with van der Waals surface area (Å²) in [5.74, 6) is 0.113. The molecule has 0 fully saturated rings. The molecule has 1 atom stereocenters. The Morgan fingerprint density at radius 1 is 1.57 bits per heavy atom. The highest BCUT2D eigenvalue weighted by Gasteiger charge is 2.13. The molecule has 21 heavy (non-hydrogen) atoms. The van der Waals surface area contributed by atoms with Crippen LogP contribution in [0.2, 0.25) is 5.02 Å². The molecule has 7 heteroatoms. The summed E-state index contributed by atoms with van der Waals surface area (Å²) in [5.41, 5.74) is 0.404. The third kappa shape index (κ3) is 4.19. The van der Waals surface area contributed by atoms with Crippen LogP contribution in [-0.4, -0.2) is 33.1 Å². The van der Waals surface area contributed by atoms with E-state index in [2.05, 4.69) is 15.3 Å². The Kier molecular flexibility index (Phi) is 5.16. The zero-order chi connectivity index (χ0) is 15.2. The number of nitrogens with one attached hydrogen (secondary N) is 1. The summed E-state index contributed by atoms with van der Waals surface area (Å²) in [6.07, 6.45) is 6.71. The maximum Gasteiger partial charge on any atom is 0.253 e. The summed E-state index contributed by atoms with van der Waals surface area (Å²) in [7, 11) is 0. The van der Waals surface area contributed by atoms with Crippen LogP contribution in [0.5, 0.6) is 5.88 Å². The Morgan fingerprint density at radius 2 is 2.38 bits per heavy atom. The van der Waals surface area contributed by atoms with Gasteiger partial charge >= 0.3 is 0 Å². The predicted molar refractivity (Wildman–Crippen MR) is 79.6 cm³/mol. The first kappa shape index (κ1) is 15.3. The minimum Gasteiger partial charge on any atom is -0.477 e. The lowest BCUT2D eigenvalue weighted by Crippen LogP contribution is -2.35. The number of hydrogen-bond acceptors (Lipinski definition) is 4. The fourth-order valence-corrected chi connectivity index (χ4v) is 2.08. The average Bonchev–Trinajstić information content (AvgIpc) is 2.93. The van der Waals surface area contributed by atoms with Gasteiger partial charge in [0.25, 0.3) is 5.91 Å². The largest absolute Gasteiger partial charge is 0.477 e. The smallest absolute Gasteiger partial charge is 0.253 e. The van der Waals surface area contributed by atoms with E-state index >= 15 is 0 Å². The molecule has 0 aliphatic rings. The van der Waals surface area contributed by atoms with E-state index < -0.39 is 0 Å². The van der Waals surface area contributed by atoms with Gasteiger partial charge in [0.05, 0.1) is 18.5 Å². The fourth-order valence-electron chi connectivity index (χ4n) is 1.86. The van der Waals surface area contributed by atoms with Crippen molar-refractivity contribution in [1.29, 1.82) is 0 Å². The Balaban J connectivity index is 1.98. The lowest BCUT2D eigenvalue weighted by Gasteiger charge is -2.14. The van der Waals surface area contributed by atoms with Crippen LogP contribution < -0.4 is 10.1 Å². The van der Waals surface area contributed by atoms with Crippen molar-refractivity contribution >= 4 is 17.5 Å². The molecule has 0 aliphatic carbocycles. The first-order valence-electron chi connectivity index (χ1n) is 6.65. The van der Waals surface area contributed by atoms with Gasteiger partial charge in [-0.15, -0.1) is 0 Å². The number of nitrogens with zero attached hydrogens (tertiary/aromatic N) is 3. The molecule has 0 saturated heterocycles. The highest BCUT2D eigenvalue weighted by molar-refractivity contribution is 6.32. The number of rotatable bonds is 6. The van der Waals surface area contributed by atoms with Gasteiger partial charge in [-0.1, -0.05) is 11.6 Å². The number of carbonyl (C=O) groups is 1. The van der Waals surface area contributed by atoms with Gasteiger partial charge in [0.15, 0.2) is 0 Å². The zero-order valence-corrected chi connectivity index (χ0v) is 12.7. The third-order valence-electron chi connectivity index (χ3n) is 2.77. The van der Waals surface area contributed by atoms with Gasteiger partial charge in [-0.25, -0.2) is 9.97 Å². The van der Waals surface area contributed by atoms with Crippen molar-refractivity contribution in [3.05, 3.63) is 41.6 Å². The Bertz CT molecular complexity index is 601. The van der Waals surface area contributed by atoms with Crippen LogP contribution in [0.1, 0.15) is 24.2 Å². The zero-order valence-electron chi connectivity index (χ0n) is 11.9. The summed E-state index contributed by atoms with van der Waals surface area (Å²) in [6, 6.07) is 1.51. The van der Waals surface area contributed by atoms with E-state index in [4.69, 9.17) is 16.3 Å². The van der Waals surface area contributed by atoms with Crippen molar-refractivity contribution < 1.29 is 9.53 Å². The van der Waals surface area contributed by atoms with E-state index in [9.17, 15) is 4.79 Å². The number of amides is 1. The SMILES string of the molecule is CCOc1ncc(C(=O)N[C@@H](C)Cn2ccnc2)cc1Cl. The second kappa shape index (κ2) is 7.08. The van der Waals surface area contributed by atoms with Crippen molar-refractivity contribution in [3.8, 4) is 5.88 Å². The first-order valence-corrected chi connectivity index (χ1v) is 7.03. The van der Waals surface area contributed by atoms with Crippen LogP contribution >= 0.6 is 11.6 Å². The summed E-state index contributed by atoms with van der Waals surface area (Å²) < 4.78 is 7.13. The molecular weight excluding hydrogens is 292 g/mol. The fraction of sp³-hybridized carbons (Fsp3) is 0.357. The minimum atomic E-state index is -0.222. The molecule has 0 unspecified atom stereocenters. The number of imidazole rings is 1. The van der Waals surface area contributed by atoms with Gasteiger partial charge < -0.3 is 14.6 Å². The van der Waals surface area contributed by atoms with Crippen LogP contribution in [0.3, 0.4) is 0 Å². The number of pyridine rings is 1. The van der Waals surface area contributed by atoms with Crippen molar-refractivity contribution in [2.24, 2.45) is 0 Å². The second-order valence-corrected chi connectivity index (χ2v) is 4.99. The summed E-state index contributed by atoms with van der Waals surface area (Å²) in [5, 5.41) is 3.21. The summed E-state index contributed by atoms with van der Waals surface area (Å²) >= 11 is 6.02. The number of halogens is 1. The highest BCUT2D eigenvalue weighted by Crippen LogP contribution is 2.22. The van der Waals surface area contributed by atoms with E-state index in [1.807, 2.05) is 24.6 Å². The van der Waals surface area contributed by atoms with Gasteiger partial charge in [0, 0.05) is 31.2 Å². The number of carbonyl (C=O) groups excluding carboxylic acids is 1.